The lowest BCUT2D eigenvalue weighted by Gasteiger charge is -2.08. The highest BCUT2D eigenvalue weighted by molar-refractivity contribution is 7.84. The standard InChI is InChI=1S/C16H14OS2/c1-11-6-5-8-13(16(11)19(2)17)15-10-12-7-3-4-9-14(12)18-15/h3-10H,1-2H3. The minimum Gasteiger partial charge on any atom is -0.255 e. The number of thiophene rings is 1. The smallest absolute Gasteiger partial charge is 0.0507 e. The molecule has 0 bridgehead atoms. The first-order valence-corrected chi connectivity index (χ1v) is 8.46. The van der Waals surface area contributed by atoms with Gasteiger partial charge in [-0.2, -0.15) is 0 Å². The van der Waals surface area contributed by atoms with E-state index in [0.29, 0.717) is 0 Å². The lowest BCUT2D eigenvalue weighted by Crippen LogP contribution is -1.94. The molecule has 3 rings (SSSR count). The Hall–Kier alpha value is -1.45. The zero-order valence-electron chi connectivity index (χ0n) is 10.8. The second-order valence-corrected chi connectivity index (χ2v) is 6.95. The summed E-state index contributed by atoms with van der Waals surface area (Å²) in [5, 5.41) is 1.25. The Morgan fingerprint density at radius 3 is 2.58 bits per heavy atom. The van der Waals surface area contributed by atoms with Crippen LogP contribution in [0.2, 0.25) is 0 Å². The summed E-state index contributed by atoms with van der Waals surface area (Å²) in [6.45, 7) is 2.02. The predicted molar refractivity (Wildman–Crippen MR) is 84.3 cm³/mol. The summed E-state index contributed by atoms with van der Waals surface area (Å²) >= 11 is 1.76. The Labute approximate surface area is 119 Å². The minimum absolute atomic E-state index is 0.953. The van der Waals surface area contributed by atoms with E-state index >= 15 is 0 Å². The third kappa shape index (κ3) is 2.24. The molecule has 1 atom stereocenters. The van der Waals surface area contributed by atoms with Crippen molar-refractivity contribution >= 4 is 32.2 Å². The van der Waals surface area contributed by atoms with Crippen LogP contribution in [0.5, 0.6) is 0 Å². The lowest BCUT2D eigenvalue weighted by atomic mass is 10.1. The molecule has 1 unspecified atom stereocenters. The van der Waals surface area contributed by atoms with Crippen molar-refractivity contribution in [1.29, 1.82) is 0 Å². The summed E-state index contributed by atoms with van der Waals surface area (Å²) in [5.41, 5.74) is 2.19. The van der Waals surface area contributed by atoms with Gasteiger partial charge in [0.2, 0.25) is 0 Å². The van der Waals surface area contributed by atoms with Gasteiger partial charge in [-0.1, -0.05) is 36.4 Å². The summed E-state index contributed by atoms with van der Waals surface area (Å²) < 4.78 is 13.3. The zero-order chi connectivity index (χ0) is 13.4. The molecule has 1 nitrogen and oxygen atoms in total. The lowest BCUT2D eigenvalue weighted by molar-refractivity contribution is 0.686. The molecule has 0 amide bonds. The Morgan fingerprint density at radius 2 is 1.84 bits per heavy atom. The highest BCUT2D eigenvalue weighted by Gasteiger charge is 2.13. The van der Waals surface area contributed by atoms with Crippen LogP contribution in [0.15, 0.2) is 53.4 Å². The van der Waals surface area contributed by atoms with E-state index in [1.54, 1.807) is 17.6 Å². The predicted octanol–water partition coefficient (Wildman–Crippen LogP) is 4.61. The zero-order valence-corrected chi connectivity index (χ0v) is 12.5. The molecule has 0 aliphatic carbocycles. The molecular weight excluding hydrogens is 272 g/mol. The molecule has 19 heavy (non-hydrogen) atoms. The van der Waals surface area contributed by atoms with Crippen molar-refractivity contribution < 1.29 is 4.21 Å². The van der Waals surface area contributed by atoms with Gasteiger partial charge in [-0.25, -0.2) is 0 Å². The molecule has 0 aliphatic rings. The second kappa shape index (κ2) is 4.91. The molecule has 0 spiro atoms. The SMILES string of the molecule is Cc1cccc(-c2cc3ccccc3s2)c1S(C)=O. The van der Waals surface area contributed by atoms with Crippen molar-refractivity contribution in [3.8, 4) is 10.4 Å². The van der Waals surface area contributed by atoms with Gasteiger partial charge in [0, 0.05) is 21.4 Å². The van der Waals surface area contributed by atoms with E-state index in [2.05, 4.69) is 30.3 Å². The molecule has 3 aromatic rings. The summed E-state index contributed by atoms with van der Waals surface area (Å²) in [7, 11) is -0.968. The topological polar surface area (TPSA) is 17.1 Å². The Kier molecular flexibility index (Phi) is 3.25. The minimum atomic E-state index is -0.968. The quantitative estimate of drug-likeness (QED) is 0.672. The van der Waals surface area contributed by atoms with E-state index in [9.17, 15) is 4.21 Å². The fourth-order valence-electron chi connectivity index (χ4n) is 2.34. The number of hydrogen-bond donors (Lipinski definition) is 0. The molecule has 96 valence electrons. The van der Waals surface area contributed by atoms with Gasteiger partial charge in [-0.3, -0.25) is 4.21 Å². The summed E-state index contributed by atoms with van der Waals surface area (Å²) in [4.78, 5) is 2.14. The Morgan fingerprint density at radius 1 is 1.05 bits per heavy atom. The van der Waals surface area contributed by atoms with Gasteiger partial charge < -0.3 is 0 Å². The van der Waals surface area contributed by atoms with Gasteiger partial charge in [-0.15, -0.1) is 11.3 Å². The molecule has 1 aromatic heterocycles. The summed E-state index contributed by atoms with van der Waals surface area (Å²) in [6.07, 6.45) is 1.75. The number of aryl methyl sites for hydroxylation is 1. The van der Waals surface area contributed by atoms with E-state index in [1.807, 2.05) is 25.1 Å². The van der Waals surface area contributed by atoms with Crippen molar-refractivity contribution in [2.45, 2.75) is 11.8 Å². The van der Waals surface area contributed by atoms with Crippen LogP contribution in [0.25, 0.3) is 20.5 Å². The van der Waals surface area contributed by atoms with E-state index < -0.39 is 10.8 Å². The first-order valence-electron chi connectivity index (χ1n) is 6.09. The van der Waals surface area contributed by atoms with E-state index in [4.69, 9.17) is 0 Å². The second-order valence-electron chi connectivity index (χ2n) is 4.55. The molecule has 0 saturated carbocycles. The van der Waals surface area contributed by atoms with Crippen LogP contribution in [0.3, 0.4) is 0 Å². The van der Waals surface area contributed by atoms with Crippen molar-refractivity contribution in [3.05, 3.63) is 54.1 Å². The molecule has 0 N–H and O–H groups in total. The van der Waals surface area contributed by atoms with Gasteiger partial charge in [0.15, 0.2) is 0 Å². The van der Waals surface area contributed by atoms with Crippen LogP contribution in [0.1, 0.15) is 5.56 Å². The van der Waals surface area contributed by atoms with Gasteiger partial charge >= 0.3 is 0 Å². The molecule has 1 heterocycles. The highest BCUT2D eigenvalue weighted by atomic mass is 32.2. The van der Waals surface area contributed by atoms with Crippen molar-refractivity contribution in [3.63, 3.8) is 0 Å². The van der Waals surface area contributed by atoms with Crippen LogP contribution >= 0.6 is 11.3 Å². The highest BCUT2D eigenvalue weighted by Crippen LogP contribution is 2.37. The van der Waals surface area contributed by atoms with Gasteiger partial charge in [-0.05, 0) is 30.0 Å². The van der Waals surface area contributed by atoms with E-state index in [-0.39, 0.29) is 0 Å². The Balaban J connectivity index is 2.27. The van der Waals surface area contributed by atoms with Crippen LogP contribution in [0, 0.1) is 6.92 Å². The molecule has 0 fully saturated rings. The third-order valence-corrected chi connectivity index (χ3v) is 5.46. The summed E-state index contributed by atoms with van der Waals surface area (Å²) in [6, 6.07) is 16.7. The third-order valence-electron chi connectivity index (χ3n) is 3.19. The average Bonchev–Trinajstić information content (AvgIpc) is 2.81. The van der Waals surface area contributed by atoms with Crippen molar-refractivity contribution in [1.82, 2.24) is 0 Å². The monoisotopic (exact) mass is 286 g/mol. The van der Waals surface area contributed by atoms with Crippen LogP contribution < -0.4 is 0 Å². The maximum absolute atomic E-state index is 12.0. The van der Waals surface area contributed by atoms with Crippen molar-refractivity contribution in [2.24, 2.45) is 0 Å². The normalized spacial score (nSPS) is 12.7. The Bertz CT molecular complexity index is 738. The molecule has 0 radical (unpaired) electrons. The van der Waals surface area contributed by atoms with Crippen LogP contribution in [-0.4, -0.2) is 10.5 Å². The fraction of sp³-hybridized carbons (Fsp3) is 0.125. The average molecular weight is 286 g/mol. The van der Waals surface area contributed by atoms with Gasteiger partial charge in [0.05, 0.1) is 15.7 Å². The maximum atomic E-state index is 12.0. The molecular formula is C16H14OS2. The van der Waals surface area contributed by atoms with Gasteiger partial charge in [0.1, 0.15) is 0 Å². The van der Waals surface area contributed by atoms with E-state index in [0.717, 1.165) is 16.0 Å². The largest absolute Gasteiger partial charge is 0.255 e. The van der Waals surface area contributed by atoms with Crippen LogP contribution in [-0.2, 0) is 10.8 Å². The molecule has 0 aliphatic heterocycles. The fourth-order valence-corrected chi connectivity index (χ4v) is 4.51. The first-order chi connectivity index (χ1) is 9.16. The molecule has 2 aromatic carbocycles. The summed E-state index contributed by atoms with van der Waals surface area (Å²) in [5.74, 6) is 0. The first kappa shape index (κ1) is 12.6. The molecule has 3 heteroatoms. The van der Waals surface area contributed by atoms with Crippen molar-refractivity contribution in [2.75, 3.05) is 6.26 Å². The number of rotatable bonds is 2. The van der Waals surface area contributed by atoms with Crippen LogP contribution in [0.4, 0.5) is 0 Å². The van der Waals surface area contributed by atoms with Gasteiger partial charge in [0.25, 0.3) is 0 Å². The van der Waals surface area contributed by atoms with E-state index in [1.165, 1.54) is 15.0 Å². The number of benzene rings is 2. The number of hydrogen-bond acceptors (Lipinski definition) is 2. The number of fused-ring (bicyclic) bond motifs is 1. The molecule has 0 saturated heterocycles. The maximum Gasteiger partial charge on any atom is 0.0507 e.